The third-order valence-corrected chi connectivity index (χ3v) is 4.33. The van der Waals surface area contributed by atoms with Gasteiger partial charge in [-0.1, -0.05) is 37.3 Å². The smallest absolute Gasteiger partial charge is 0.219 e. The van der Waals surface area contributed by atoms with Crippen LogP contribution in [0.1, 0.15) is 32.3 Å². The summed E-state index contributed by atoms with van der Waals surface area (Å²) in [5.74, 6) is 0.260. The quantitative estimate of drug-likeness (QED) is 0.869. The first kappa shape index (κ1) is 16.0. The zero-order valence-corrected chi connectivity index (χ0v) is 13.0. The average Bonchev–Trinajstić information content (AvgIpc) is 2.52. The predicted molar refractivity (Wildman–Crippen MR) is 83.7 cm³/mol. The summed E-state index contributed by atoms with van der Waals surface area (Å²) in [6, 6.07) is 10.5. The standard InChI is InChI=1S/C17H26N2O2/c1-3-17(21)15-9-16(12-19(11-15)13(2)20)18-10-14-7-5-4-6-8-14/h4-8,15-18,21H,3,9-12H2,1-2H3. The van der Waals surface area contributed by atoms with E-state index >= 15 is 0 Å². The number of carbonyl (C=O) groups is 1. The average molecular weight is 290 g/mol. The van der Waals surface area contributed by atoms with Crippen LogP contribution in [0, 0.1) is 5.92 Å². The number of likely N-dealkylation sites (tertiary alicyclic amines) is 1. The fourth-order valence-corrected chi connectivity index (χ4v) is 3.01. The van der Waals surface area contributed by atoms with E-state index in [9.17, 15) is 9.90 Å². The summed E-state index contributed by atoms with van der Waals surface area (Å²) in [6.07, 6.45) is 1.33. The third kappa shape index (κ3) is 4.55. The molecule has 4 nitrogen and oxygen atoms in total. The third-order valence-electron chi connectivity index (χ3n) is 4.33. The summed E-state index contributed by atoms with van der Waals surface area (Å²) < 4.78 is 0. The highest BCUT2D eigenvalue weighted by atomic mass is 16.3. The van der Waals surface area contributed by atoms with Crippen LogP contribution < -0.4 is 5.32 Å². The lowest BCUT2D eigenvalue weighted by molar-refractivity contribution is -0.132. The van der Waals surface area contributed by atoms with Crippen molar-refractivity contribution in [2.24, 2.45) is 5.92 Å². The van der Waals surface area contributed by atoms with E-state index < -0.39 is 0 Å². The molecule has 3 atom stereocenters. The van der Waals surface area contributed by atoms with Crippen molar-refractivity contribution < 1.29 is 9.90 Å². The summed E-state index contributed by atoms with van der Waals surface area (Å²) in [7, 11) is 0. The number of piperidine rings is 1. The van der Waals surface area contributed by atoms with E-state index in [2.05, 4.69) is 17.4 Å². The summed E-state index contributed by atoms with van der Waals surface area (Å²) in [5.41, 5.74) is 1.24. The molecule has 0 aliphatic carbocycles. The summed E-state index contributed by atoms with van der Waals surface area (Å²) >= 11 is 0. The molecule has 1 fully saturated rings. The molecule has 4 heteroatoms. The lowest BCUT2D eigenvalue weighted by Gasteiger charge is -2.39. The molecule has 2 N–H and O–H groups in total. The van der Waals surface area contributed by atoms with Crippen LogP contribution in [0.5, 0.6) is 0 Å². The fraction of sp³-hybridized carbons (Fsp3) is 0.588. The number of aliphatic hydroxyl groups excluding tert-OH is 1. The molecule has 116 valence electrons. The van der Waals surface area contributed by atoms with Gasteiger partial charge in [-0.15, -0.1) is 0 Å². The molecule has 0 bridgehead atoms. The number of rotatable bonds is 5. The molecule has 3 unspecified atom stereocenters. The minimum atomic E-state index is -0.326. The molecule has 1 amide bonds. The van der Waals surface area contributed by atoms with Crippen LogP contribution >= 0.6 is 0 Å². The molecule has 0 saturated carbocycles. The van der Waals surface area contributed by atoms with Gasteiger partial charge >= 0.3 is 0 Å². The molecular formula is C17H26N2O2. The molecule has 1 aromatic carbocycles. The number of aliphatic hydroxyl groups is 1. The Labute approximate surface area is 127 Å². The molecule has 1 aromatic rings. The summed E-state index contributed by atoms with van der Waals surface area (Å²) in [4.78, 5) is 13.5. The Kier molecular flexibility index (Phi) is 5.76. The van der Waals surface area contributed by atoms with E-state index in [0.717, 1.165) is 25.9 Å². The van der Waals surface area contributed by atoms with E-state index in [1.807, 2.05) is 30.0 Å². The lowest BCUT2D eigenvalue weighted by Crippen LogP contribution is -2.52. The molecular weight excluding hydrogens is 264 g/mol. The molecule has 1 aliphatic rings. The van der Waals surface area contributed by atoms with Gasteiger partial charge in [-0.25, -0.2) is 0 Å². The Morgan fingerprint density at radius 3 is 2.71 bits per heavy atom. The largest absolute Gasteiger partial charge is 0.393 e. The van der Waals surface area contributed by atoms with Gasteiger partial charge in [-0.05, 0) is 18.4 Å². The predicted octanol–water partition coefficient (Wildman–Crippen LogP) is 1.78. The molecule has 0 spiro atoms. The van der Waals surface area contributed by atoms with Crippen LogP contribution in [-0.4, -0.2) is 41.1 Å². The Hall–Kier alpha value is -1.39. The molecule has 1 heterocycles. The van der Waals surface area contributed by atoms with Gasteiger partial charge in [0.25, 0.3) is 0 Å². The highest BCUT2D eigenvalue weighted by Crippen LogP contribution is 2.22. The Morgan fingerprint density at radius 2 is 2.10 bits per heavy atom. The van der Waals surface area contributed by atoms with Gasteiger partial charge in [0.05, 0.1) is 6.10 Å². The van der Waals surface area contributed by atoms with Crippen molar-refractivity contribution in [3.8, 4) is 0 Å². The first-order valence-electron chi connectivity index (χ1n) is 7.81. The van der Waals surface area contributed by atoms with Crippen molar-refractivity contribution >= 4 is 5.91 Å². The van der Waals surface area contributed by atoms with Gasteiger partial charge in [0, 0.05) is 38.5 Å². The molecule has 0 radical (unpaired) electrons. The Balaban J connectivity index is 1.95. The number of nitrogens with one attached hydrogen (secondary N) is 1. The molecule has 21 heavy (non-hydrogen) atoms. The Bertz CT molecular complexity index is 449. The van der Waals surface area contributed by atoms with Crippen LogP contribution in [0.25, 0.3) is 0 Å². The maximum atomic E-state index is 11.7. The molecule has 1 aliphatic heterocycles. The highest BCUT2D eigenvalue weighted by Gasteiger charge is 2.31. The zero-order valence-electron chi connectivity index (χ0n) is 13.0. The summed E-state index contributed by atoms with van der Waals surface area (Å²) in [6.45, 7) is 5.80. The van der Waals surface area contributed by atoms with Crippen molar-refractivity contribution in [1.29, 1.82) is 0 Å². The maximum Gasteiger partial charge on any atom is 0.219 e. The lowest BCUT2D eigenvalue weighted by atomic mass is 9.88. The normalized spacial score (nSPS) is 23.9. The maximum absolute atomic E-state index is 11.7. The molecule has 2 rings (SSSR count). The van der Waals surface area contributed by atoms with E-state index in [-0.39, 0.29) is 24.0 Å². The fourth-order valence-electron chi connectivity index (χ4n) is 3.01. The van der Waals surface area contributed by atoms with Crippen molar-refractivity contribution in [3.05, 3.63) is 35.9 Å². The van der Waals surface area contributed by atoms with Gasteiger partial charge in [-0.2, -0.15) is 0 Å². The van der Waals surface area contributed by atoms with Gasteiger partial charge < -0.3 is 15.3 Å². The number of benzene rings is 1. The second-order valence-electron chi connectivity index (χ2n) is 5.96. The van der Waals surface area contributed by atoms with Crippen molar-refractivity contribution in [3.63, 3.8) is 0 Å². The number of hydrogen-bond donors (Lipinski definition) is 2. The van der Waals surface area contributed by atoms with Crippen LogP contribution in [0.2, 0.25) is 0 Å². The SMILES string of the molecule is CCC(O)C1CC(NCc2ccccc2)CN(C(C)=O)C1. The van der Waals surface area contributed by atoms with Crippen LogP contribution in [-0.2, 0) is 11.3 Å². The van der Waals surface area contributed by atoms with E-state index in [0.29, 0.717) is 6.54 Å². The van der Waals surface area contributed by atoms with Crippen LogP contribution in [0.15, 0.2) is 30.3 Å². The van der Waals surface area contributed by atoms with E-state index in [4.69, 9.17) is 0 Å². The van der Waals surface area contributed by atoms with Crippen molar-refractivity contribution in [2.75, 3.05) is 13.1 Å². The first-order chi connectivity index (χ1) is 10.1. The zero-order chi connectivity index (χ0) is 15.2. The van der Waals surface area contributed by atoms with Crippen LogP contribution in [0.3, 0.4) is 0 Å². The molecule has 1 saturated heterocycles. The number of hydrogen-bond acceptors (Lipinski definition) is 3. The summed E-state index contributed by atoms with van der Waals surface area (Å²) in [5, 5.41) is 13.6. The van der Waals surface area contributed by atoms with Crippen molar-refractivity contribution in [1.82, 2.24) is 10.2 Å². The van der Waals surface area contributed by atoms with Crippen LogP contribution in [0.4, 0.5) is 0 Å². The molecule has 0 aromatic heterocycles. The minimum Gasteiger partial charge on any atom is -0.393 e. The monoisotopic (exact) mass is 290 g/mol. The second kappa shape index (κ2) is 7.57. The Morgan fingerprint density at radius 1 is 1.38 bits per heavy atom. The van der Waals surface area contributed by atoms with Gasteiger partial charge in [0.2, 0.25) is 5.91 Å². The van der Waals surface area contributed by atoms with Gasteiger partial charge in [0.15, 0.2) is 0 Å². The van der Waals surface area contributed by atoms with Gasteiger partial charge in [-0.3, -0.25) is 4.79 Å². The second-order valence-corrected chi connectivity index (χ2v) is 5.96. The number of amides is 1. The van der Waals surface area contributed by atoms with E-state index in [1.165, 1.54) is 5.56 Å². The highest BCUT2D eigenvalue weighted by molar-refractivity contribution is 5.73. The van der Waals surface area contributed by atoms with E-state index in [1.54, 1.807) is 6.92 Å². The number of nitrogens with zero attached hydrogens (tertiary/aromatic N) is 1. The van der Waals surface area contributed by atoms with Gasteiger partial charge in [0.1, 0.15) is 0 Å². The topological polar surface area (TPSA) is 52.6 Å². The van der Waals surface area contributed by atoms with Crippen molar-refractivity contribution in [2.45, 2.75) is 45.4 Å². The first-order valence-corrected chi connectivity index (χ1v) is 7.81. The number of carbonyl (C=O) groups excluding carboxylic acids is 1. The minimum absolute atomic E-state index is 0.0921.